The van der Waals surface area contributed by atoms with Crippen molar-refractivity contribution in [3.8, 4) is 11.5 Å². The van der Waals surface area contributed by atoms with E-state index in [2.05, 4.69) is 111 Å². The highest BCUT2D eigenvalue weighted by Crippen LogP contribution is 2.40. The smallest absolute Gasteiger partial charge is 0.255 e. The van der Waals surface area contributed by atoms with Gasteiger partial charge >= 0.3 is 0 Å². The van der Waals surface area contributed by atoms with Gasteiger partial charge in [-0.15, -0.1) is 0 Å². The van der Waals surface area contributed by atoms with E-state index in [1.54, 1.807) is 14.2 Å². The van der Waals surface area contributed by atoms with E-state index in [1.807, 2.05) is 12.1 Å². The Morgan fingerprint density at radius 1 is 0.766 bits per heavy atom. The lowest BCUT2D eigenvalue weighted by Crippen LogP contribution is -2.46. The summed E-state index contributed by atoms with van der Waals surface area (Å²) >= 11 is 0. The predicted molar refractivity (Wildman–Crippen MR) is 189 cm³/mol. The largest absolute Gasteiger partial charge is 0.493 e. The van der Waals surface area contributed by atoms with Crippen molar-refractivity contribution in [2.45, 2.75) is 45.4 Å². The Bertz CT molecular complexity index is 1560. The molecule has 1 atom stereocenters. The van der Waals surface area contributed by atoms with Gasteiger partial charge < -0.3 is 24.2 Å². The second-order valence-corrected chi connectivity index (χ2v) is 12.6. The quantitative estimate of drug-likeness (QED) is 0.149. The maximum absolute atomic E-state index is 14.2. The molecule has 47 heavy (non-hydrogen) atoms. The number of rotatable bonds is 14. The number of benzene rings is 4. The Morgan fingerprint density at radius 2 is 1.43 bits per heavy atom. The van der Waals surface area contributed by atoms with Crippen LogP contribution in [0.2, 0.25) is 0 Å². The number of methoxy groups -OCH3 is 2. The van der Waals surface area contributed by atoms with E-state index < -0.39 is 0 Å². The van der Waals surface area contributed by atoms with Crippen molar-refractivity contribution in [2.75, 3.05) is 58.4 Å². The molecule has 7 heteroatoms. The minimum absolute atomic E-state index is 0.102. The van der Waals surface area contributed by atoms with Crippen molar-refractivity contribution in [3.63, 3.8) is 0 Å². The molecule has 2 aliphatic rings. The van der Waals surface area contributed by atoms with Crippen LogP contribution in [0.5, 0.6) is 11.5 Å². The molecule has 0 aromatic heterocycles. The van der Waals surface area contributed by atoms with Gasteiger partial charge in [-0.3, -0.25) is 9.69 Å². The van der Waals surface area contributed by atoms with Crippen molar-refractivity contribution >= 4 is 11.6 Å². The van der Waals surface area contributed by atoms with Crippen LogP contribution in [-0.2, 0) is 19.6 Å². The van der Waals surface area contributed by atoms with Crippen LogP contribution in [0.4, 0.5) is 5.69 Å². The number of carbonyl (C=O) groups is 1. The molecule has 2 heterocycles. The molecule has 4 aromatic rings. The molecule has 7 nitrogen and oxygen atoms in total. The minimum atomic E-state index is -0.102. The van der Waals surface area contributed by atoms with E-state index in [1.165, 1.54) is 16.8 Å². The van der Waals surface area contributed by atoms with Crippen LogP contribution in [0.15, 0.2) is 97.1 Å². The zero-order valence-corrected chi connectivity index (χ0v) is 28.1. The SMILES string of the molecule is CCN1CCN(c2cccc3c2CN([C@H](CCCN(Cc2ccccc2)Cc2ccccc2)c2ccc(OC)c(OC)c2)C3=O)CC1. The van der Waals surface area contributed by atoms with Crippen LogP contribution < -0.4 is 14.4 Å². The molecule has 0 saturated carbocycles. The average Bonchev–Trinajstić information content (AvgIpc) is 3.46. The number of hydrogen-bond acceptors (Lipinski definition) is 6. The molecule has 0 N–H and O–H groups in total. The standard InChI is InChI=1S/C40H48N4O3/c1-4-41-23-25-43(26-24-41)37-18-11-17-34-35(37)30-44(40(34)45)36(33-20-21-38(46-2)39(27-33)47-3)19-12-22-42(28-31-13-7-5-8-14-31)29-32-15-9-6-10-16-32/h5-11,13-18,20-21,27,36H,4,12,19,22-26,28-30H2,1-3H3/t36-/m1/s1. The fourth-order valence-electron chi connectivity index (χ4n) is 7.16. The fourth-order valence-corrected chi connectivity index (χ4v) is 7.16. The lowest BCUT2D eigenvalue weighted by atomic mass is 9.99. The van der Waals surface area contributed by atoms with Crippen LogP contribution >= 0.6 is 0 Å². The number of anilines is 1. The number of nitrogens with zero attached hydrogens (tertiary/aromatic N) is 4. The Labute approximate surface area is 280 Å². The second kappa shape index (κ2) is 15.5. The van der Waals surface area contributed by atoms with Gasteiger partial charge in [-0.25, -0.2) is 0 Å². The van der Waals surface area contributed by atoms with E-state index in [4.69, 9.17) is 9.47 Å². The molecule has 0 aliphatic carbocycles. The predicted octanol–water partition coefficient (Wildman–Crippen LogP) is 7.03. The summed E-state index contributed by atoms with van der Waals surface area (Å²) in [4.78, 5) is 23.8. The highest BCUT2D eigenvalue weighted by atomic mass is 16.5. The van der Waals surface area contributed by atoms with E-state index in [0.717, 1.165) is 81.9 Å². The molecule has 246 valence electrons. The van der Waals surface area contributed by atoms with Crippen LogP contribution in [0.25, 0.3) is 0 Å². The molecule has 6 rings (SSSR count). The molecule has 2 aliphatic heterocycles. The van der Waals surface area contributed by atoms with Crippen molar-refractivity contribution in [1.29, 1.82) is 0 Å². The van der Waals surface area contributed by atoms with Gasteiger partial charge in [0, 0.05) is 62.6 Å². The number of likely N-dealkylation sites (N-methyl/N-ethyl adjacent to an activating group) is 1. The van der Waals surface area contributed by atoms with Crippen molar-refractivity contribution in [2.24, 2.45) is 0 Å². The van der Waals surface area contributed by atoms with Gasteiger partial charge in [0.2, 0.25) is 0 Å². The van der Waals surface area contributed by atoms with Gasteiger partial charge in [-0.05, 0) is 66.9 Å². The first-order chi connectivity index (χ1) is 23.1. The molecule has 4 aromatic carbocycles. The van der Waals surface area contributed by atoms with Crippen molar-refractivity contribution in [3.05, 3.63) is 125 Å². The molecule has 0 radical (unpaired) electrons. The summed E-state index contributed by atoms with van der Waals surface area (Å²) in [6, 6.07) is 33.6. The molecule has 0 spiro atoms. The summed E-state index contributed by atoms with van der Waals surface area (Å²) in [6.07, 6.45) is 1.77. The molecule has 0 bridgehead atoms. The maximum atomic E-state index is 14.2. The van der Waals surface area contributed by atoms with Gasteiger partial charge in [0.1, 0.15) is 0 Å². The zero-order valence-electron chi connectivity index (χ0n) is 28.1. The number of fused-ring (bicyclic) bond motifs is 1. The minimum Gasteiger partial charge on any atom is -0.493 e. The van der Waals surface area contributed by atoms with Gasteiger partial charge in [-0.1, -0.05) is 79.7 Å². The monoisotopic (exact) mass is 632 g/mol. The number of hydrogen-bond donors (Lipinski definition) is 0. The maximum Gasteiger partial charge on any atom is 0.255 e. The number of piperazine rings is 1. The van der Waals surface area contributed by atoms with Crippen molar-refractivity contribution in [1.82, 2.24) is 14.7 Å². The molecule has 0 unspecified atom stereocenters. The van der Waals surface area contributed by atoms with Crippen LogP contribution in [0.3, 0.4) is 0 Å². The van der Waals surface area contributed by atoms with E-state index in [-0.39, 0.29) is 11.9 Å². The highest BCUT2D eigenvalue weighted by molar-refractivity contribution is 6.00. The van der Waals surface area contributed by atoms with Gasteiger partial charge in [0.05, 0.1) is 20.3 Å². The third-order valence-corrected chi connectivity index (χ3v) is 9.75. The lowest BCUT2D eigenvalue weighted by molar-refractivity contribution is 0.0684. The van der Waals surface area contributed by atoms with Crippen LogP contribution in [0.1, 0.15) is 58.4 Å². The normalized spacial score (nSPS) is 15.6. The Balaban J connectivity index is 1.25. The van der Waals surface area contributed by atoms with E-state index in [0.29, 0.717) is 18.0 Å². The Morgan fingerprint density at radius 3 is 2.04 bits per heavy atom. The van der Waals surface area contributed by atoms with Gasteiger partial charge in [-0.2, -0.15) is 0 Å². The first-order valence-electron chi connectivity index (χ1n) is 17.0. The first kappa shape index (κ1) is 32.6. The van der Waals surface area contributed by atoms with Crippen molar-refractivity contribution < 1.29 is 14.3 Å². The highest BCUT2D eigenvalue weighted by Gasteiger charge is 2.36. The molecular formula is C40H48N4O3. The van der Waals surface area contributed by atoms with E-state index in [9.17, 15) is 4.79 Å². The molecular weight excluding hydrogens is 584 g/mol. The molecule has 1 fully saturated rings. The summed E-state index contributed by atoms with van der Waals surface area (Å²) in [7, 11) is 3.33. The summed E-state index contributed by atoms with van der Waals surface area (Å²) in [5.74, 6) is 1.49. The van der Waals surface area contributed by atoms with Gasteiger partial charge in [0.15, 0.2) is 11.5 Å². The molecule has 1 amide bonds. The second-order valence-electron chi connectivity index (χ2n) is 12.6. The average molecular weight is 633 g/mol. The van der Waals surface area contributed by atoms with E-state index >= 15 is 0 Å². The van der Waals surface area contributed by atoms with Crippen LogP contribution in [0, 0.1) is 0 Å². The summed E-state index contributed by atoms with van der Waals surface area (Å²) in [5.41, 5.74) is 6.87. The molecule has 1 saturated heterocycles. The summed E-state index contributed by atoms with van der Waals surface area (Å²) in [6.45, 7) is 10.6. The van der Waals surface area contributed by atoms with Crippen LogP contribution in [-0.4, -0.2) is 74.1 Å². The Kier molecular flexibility index (Phi) is 10.8. The fraction of sp³-hybridized carbons (Fsp3) is 0.375. The number of carbonyl (C=O) groups excluding carboxylic acids is 1. The Hall–Kier alpha value is -4.33. The zero-order chi connectivity index (χ0) is 32.6. The number of ether oxygens (including phenoxy) is 2. The third-order valence-electron chi connectivity index (χ3n) is 9.75. The van der Waals surface area contributed by atoms with Gasteiger partial charge in [0.25, 0.3) is 5.91 Å². The first-order valence-corrected chi connectivity index (χ1v) is 17.0. The lowest BCUT2D eigenvalue weighted by Gasteiger charge is -2.36. The summed E-state index contributed by atoms with van der Waals surface area (Å²) < 4.78 is 11.3. The topological polar surface area (TPSA) is 48.5 Å². The third kappa shape index (κ3) is 7.64. The number of amides is 1. The summed E-state index contributed by atoms with van der Waals surface area (Å²) in [5, 5.41) is 0.